The molecule has 0 bridgehead atoms. The summed E-state index contributed by atoms with van der Waals surface area (Å²) in [6, 6.07) is 18.8. The lowest BCUT2D eigenvalue weighted by Gasteiger charge is -2.08. The molecule has 0 aliphatic heterocycles. The van der Waals surface area contributed by atoms with Gasteiger partial charge in [0.15, 0.2) is 0 Å². The number of rotatable bonds is 5. The van der Waals surface area contributed by atoms with Crippen LogP contribution < -0.4 is 10.6 Å². The number of pyridine rings is 1. The number of carbonyl (C=O) groups excluding carboxylic acids is 2. The molecule has 0 unspecified atom stereocenters. The van der Waals surface area contributed by atoms with Gasteiger partial charge in [0.25, 0.3) is 5.91 Å². The third kappa shape index (κ3) is 4.51. The van der Waals surface area contributed by atoms with Crippen molar-refractivity contribution in [1.82, 2.24) is 4.98 Å². The predicted octanol–water partition coefficient (Wildman–Crippen LogP) is 3.74. The maximum Gasteiger partial charge on any atom is 0.337 e. The predicted molar refractivity (Wildman–Crippen MR) is 104 cm³/mol. The Hall–Kier alpha value is -4.18. The molecule has 2 aromatic carbocycles. The molecule has 0 aliphatic rings. The van der Waals surface area contributed by atoms with Crippen molar-refractivity contribution < 1.29 is 14.3 Å². The number of methoxy groups -OCH3 is 1. The van der Waals surface area contributed by atoms with Crippen LogP contribution in [0.3, 0.4) is 0 Å². The van der Waals surface area contributed by atoms with Crippen molar-refractivity contribution in [2.75, 3.05) is 17.7 Å². The molecule has 0 spiro atoms. The Bertz CT molecular complexity index is 1040. The number of amides is 1. The number of aromatic nitrogens is 1. The van der Waals surface area contributed by atoms with Gasteiger partial charge in [0.2, 0.25) is 0 Å². The van der Waals surface area contributed by atoms with Gasteiger partial charge < -0.3 is 15.4 Å². The van der Waals surface area contributed by atoms with Gasteiger partial charge >= 0.3 is 5.97 Å². The zero-order valence-electron chi connectivity index (χ0n) is 15.0. The van der Waals surface area contributed by atoms with Gasteiger partial charge in [-0.2, -0.15) is 5.26 Å². The summed E-state index contributed by atoms with van der Waals surface area (Å²) in [5, 5.41) is 14.8. The Labute approximate surface area is 161 Å². The van der Waals surface area contributed by atoms with E-state index in [1.165, 1.54) is 13.3 Å². The molecular weight excluding hydrogens is 356 g/mol. The first-order valence-electron chi connectivity index (χ1n) is 8.32. The highest BCUT2D eigenvalue weighted by Crippen LogP contribution is 2.17. The van der Waals surface area contributed by atoms with Gasteiger partial charge in [-0.3, -0.25) is 4.79 Å². The summed E-state index contributed by atoms with van der Waals surface area (Å²) in [5.74, 6) is -0.212. The molecule has 0 radical (unpaired) electrons. The molecule has 3 aromatic rings. The monoisotopic (exact) mass is 372 g/mol. The van der Waals surface area contributed by atoms with Gasteiger partial charge in [0, 0.05) is 17.6 Å². The number of nitrogens with one attached hydrogen (secondary N) is 2. The largest absolute Gasteiger partial charge is 0.465 e. The summed E-state index contributed by atoms with van der Waals surface area (Å²) < 4.78 is 4.64. The Morgan fingerprint density at radius 3 is 2.39 bits per heavy atom. The molecule has 2 N–H and O–H groups in total. The summed E-state index contributed by atoms with van der Waals surface area (Å²) in [6.07, 6.45) is 1.45. The van der Waals surface area contributed by atoms with E-state index in [4.69, 9.17) is 5.26 Å². The van der Waals surface area contributed by atoms with E-state index >= 15 is 0 Å². The second-order valence-corrected chi connectivity index (χ2v) is 5.77. The molecule has 1 aromatic heterocycles. The van der Waals surface area contributed by atoms with Gasteiger partial charge in [-0.1, -0.05) is 6.07 Å². The number of nitriles is 1. The third-order valence-electron chi connectivity index (χ3n) is 3.85. The van der Waals surface area contributed by atoms with Crippen LogP contribution in [0.15, 0.2) is 66.9 Å². The van der Waals surface area contributed by atoms with Gasteiger partial charge in [-0.05, 0) is 54.6 Å². The lowest BCUT2D eigenvalue weighted by atomic mass is 10.2. The fourth-order valence-electron chi connectivity index (χ4n) is 2.43. The van der Waals surface area contributed by atoms with Crippen molar-refractivity contribution in [3.8, 4) is 6.07 Å². The van der Waals surface area contributed by atoms with Gasteiger partial charge in [-0.15, -0.1) is 0 Å². The van der Waals surface area contributed by atoms with E-state index in [9.17, 15) is 9.59 Å². The minimum absolute atomic E-state index is 0.323. The minimum Gasteiger partial charge on any atom is -0.465 e. The van der Waals surface area contributed by atoms with Gasteiger partial charge in [-0.25, -0.2) is 9.78 Å². The van der Waals surface area contributed by atoms with Crippen LogP contribution in [0, 0.1) is 11.3 Å². The molecule has 7 heteroatoms. The van der Waals surface area contributed by atoms with E-state index in [-0.39, 0.29) is 5.91 Å². The molecule has 138 valence electrons. The molecule has 1 heterocycles. The van der Waals surface area contributed by atoms with Crippen LogP contribution in [-0.2, 0) is 4.74 Å². The van der Waals surface area contributed by atoms with E-state index in [0.717, 1.165) is 5.69 Å². The lowest BCUT2D eigenvalue weighted by molar-refractivity contribution is 0.0600. The summed E-state index contributed by atoms with van der Waals surface area (Å²) in [7, 11) is 1.31. The van der Waals surface area contributed by atoms with Crippen LogP contribution in [0.5, 0.6) is 0 Å². The summed E-state index contributed by atoms with van der Waals surface area (Å²) >= 11 is 0. The van der Waals surface area contributed by atoms with Gasteiger partial charge in [0.05, 0.1) is 29.9 Å². The van der Waals surface area contributed by atoms with Crippen molar-refractivity contribution in [2.45, 2.75) is 0 Å². The van der Waals surface area contributed by atoms with E-state index < -0.39 is 5.97 Å². The van der Waals surface area contributed by atoms with Gasteiger partial charge in [0.1, 0.15) is 5.82 Å². The molecule has 0 saturated carbocycles. The topological polar surface area (TPSA) is 104 Å². The maximum atomic E-state index is 12.3. The fraction of sp³-hybridized carbons (Fsp3) is 0.0476. The standard InChI is InChI=1S/C21H16N4O3/c1-28-21(27)15-5-8-17(9-6-15)25-20(26)16-7-10-19(23-13-16)24-18-4-2-3-14(11-18)12-22/h2-11,13H,1H3,(H,23,24)(H,25,26). The first-order chi connectivity index (χ1) is 13.6. The van der Waals surface area contributed by atoms with Crippen LogP contribution in [0.2, 0.25) is 0 Å². The summed E-state index contributed by atoms with van der Waals surface area (Å²) in [6.45, 7) is 0. The smallest absolute Gasteiger partial charge is 0.337 e. The Kier molecular flexibility index (Phi) is 5.63. The first-order valence-corrected chi connectivity index (χ1v) is 8.32. The average Bonchev–Trinajstić information content (AvgIpc) is 2.74. The van der Waals surface area contributed by atoms with Crippen LogP contribution in [-0.4, -0.2) is 24.0 Å². The van der Waals surface area contributed by atoms with Crippen LogP contribution >= 0.6 is 0 Å². The van der Waals surface area contributed by atoms with Crippen LogP contribution in [0.4, 0.5) is 17.2 Å². The van der Waals surface area contributed by atoms with Crippen LogP contribution in [0.1, 0.15) is 26.3 Å². The molecule has 0 saturated heterocycles. The van der Waals surface area contributed by atoms with Crippen molar-refractivity contribution >= 4 is 29.1 Å². The van der Waals surface area contributed by atoms with E-state index in [1.807, 2.05) is 6.07 Å². The quantitative estimate of drug-likeness (QED) is 0.661. The molecule has 0 aliphatic carbocycles. The highest BCUT2D eigenvalue weighted by Gasteiger charge is 2.09. The first kappa shape index (κ1) is 18.6. The Morgan fingerprint density at radius 2 is 1.75 bits per heavy atom. The number of benzene rings is 2. The zero-order valence-corrected chi connectivity index (χ0v) is 15.0. The molecule has 0 atom stereocenters. The van der Waals surface area contributed by atoms with E-state index in [0.29, 0.717) is 28.2 Å². The SMILES string of the molecule is COC(=O)c1ccc(NC(=O)c2ccc(Nc3cccc(C#N)c3)nc2)cc1. The molecule has 0 fully saturated rings. The molecule has 1 amide bonds. The number of ether oxygens (including phenoxy) is 1. The number of carbonyl (C=O) groups is 2. The number of anilines is 3. The normalized spacial score (nSPS) is 9.86. The molecule has 7 nitrogen and oxygen atoms in total. The summed E-state index contributed by atoms with van der Waals surface area (Å²) in [5.41, 5.74) is 2.60. The fourth-order valence-corrected chi connectivity index (χ4v) is 2.43. The summed E-state index contributed by atoms with van der Waals surface area (Å²) in [4.78, 5) is 28.0. The Balaban J connectivity index is 1.65. The van der Waals surface area contributed by atoms with E-state index in [1.54, 1.807) is 54.6 Å². The van der Waals surface area contributed by atoms with Crippen molar-refractivity contribution in [2.24, 2.45) is 0 Å². The highest BCUT2D eigenvalue weighted by atomic mass is 16.5. The molecular formula is C21H16N4O3. The maximum absolute atomic E-state index is 12.3. The number of nitrogens with zero attached hydrogens (tertiary/aromatic N) is 2. The average molecular weight is 372 g/mol. The van der Waals surface area contributed by atoms with Crippen molar-refractivity contribution in [3.63, 3.8) is 0 Å². The van der Waals surface area contributed by atoms with E-state index in [2.05, 4.69) is 26.4 Å². The second-order valence-electron chi connectivity index (χ2n) is 5.77. The number of hydrogen-bond acceptors (Lipinski definition) is 6. The second kappa shape index (κ2) is 8.47. The zero-order chi connectivity index (χ0) is 19.9. The number of esters is 1. The number of hydrogen-bond donors (Lipinski definition) is 2. The Morgan fingerprint density at radius 1 is 1.00 bits per heavy atom. The van der Waals surface area contributed by atoms with Crippen LogP contribution in [0.25, 0.3) is 0 Å². The van der Waals surface area contributed by atoms with Crippen molar-refractivity contribution in [1.29, 1.82) is 5.26 Å². The minimum atomic E-state index is -0.439. The lowest BCUT2D eigenvalue weighted by Crippen LogP contribution is -2.12. The highest BCUT2D eigenvalue weighted by molar-refractivity contribution is 6.04. The molecule has 3 rings (SSSR count). The molecule has 28 heavy (non-hydrogen) atoms. The van der Waals surface area contributed by atoms with Crippen molar-refractivity contribution in [3.05, 3.63) is 83.6 Å². The third-order valence-corrected chi connectivity index (χ3v) is 3.85.